The van der Waals surface area contributed by atoms with Crippen LogP contribution in [0.1, 0.15) is 29.5 Å². The van der Waals surface area contributed by atoms with E-state index in [4.69, 9.17) is 23.2 Å². The highest BCUT2D eigenvalue weighted by Gasteiger charge is 2.27. The van der Waals surface area contributed by atoms with E-state index in [0.717, 1.165) is 24.7 Å². The summed E-state index contributed by atoms with van der Waals surface area (Å²) in [4.78, 5) is 3.55. The third kappa shape index (κ3) is 3.86. The summed E-state index contributed by atoms with van der Waals surface area (Å²) in [5.74, 6) is 0.294. The van der Waals surface area contributed by atoms with E-state index in [9.17, 15) is 0 Å². The van der Waals surface area contributed by atoms with E-state index in [2.05, 4.69) is 53.9 Å². The highest BCUT2D eigenvalue weighted by atomic mass is 35.5. The van der Waals surface area contributed by atoms with Crippen LogP contribution in [0.3, 0.4) is 0 Å². The maximum absolute atomic E-state index is 6.44. The molecule has 122 valence electrons. The Morgan fingerprint density at radius 3 is 2.87 bits per heavy atom. The van der Waals surface area contributed by atoms with E-state index in [1.807, 2.05) is 6.07 Å². The van der Waals surface area contributed by atoms with Gasteiger partial charge in [-0.15, -0.1) is 0 Å². The zero-order valence-electron chi connectivity index (χ0n) is 13.3. The molecule has 0 aliphatic carbocycles. The summed E-state index contributed by atoms with van der Waals surface area (Å²) in [6.45, 7) is 4.88. The van der Waals surface area contributed by atoms with E-state index < -0.39 is 0 Å². The smallest absolute Gasteiger partial charge is 0.0468 e. The number of nitrogens with one attached hydrogen (secondary N) is 1. The van der Waals surface area contributed by atoms with Gasteiger partial charge in [-0.05, 0) is 60.0 Å². The molecule has 0 amide bonds. The van der Waals surface area contributed by atoms with Gasteiger partial charge in [0.25, 0.3) is 0 Å². The Kier molecular flexibility index (Phi) is 5.55. The standard InChI is InChI=1S/C18H20Cl2N2S/c1-3-21-23-14-6-4-5-12(7-14)16-10-22(2)11-17-15(16)8-13(19)9-18(17)20/h4-9,16,21H,3,10-11H2,1-2H3. The number of benzene rings is 2. The molecule has 2 aromatic carbocycles. The van der Waals surface area contributed by atoms with Crippen molar-refractivity contribution in [1.82, 2.24) is 9.62 Å². The third-order valence-corrected chi connectivity index (χ3v) is 5.57. The summed E-state index contributed by atoms with van der Waals surface area (Å²) in [6.07, 6.45) is 0. The van der Waals surface area contributed by atoms with Crippen molar-refractivity contribution in [2.75, 3.05) is 20.1 Å². The minimum absolute atomic E-state index is 0.294. The van der Waals surface area contributed by atoms with E-state index in [1.54, 1.807) is 11.9 Å². The number of fused-ring (bicyclic) bond motifs is 1. The van der Waals surface area contributed by atoms with Crippen molar-refractivity contribution >= 4 is 35.1 Å². The minimum Gasteiger partial charge on any atom is -0.301 e. The summed E-state index contributed by atoms with van der Waals surface area (Å²) in [5, 5.41) is 1.48. The van der Waals surface area contributed by atoms with Crippen LogP contribution in [0.25, 0.3) is 0 Å². The molecule has 0 fully saturated rings. The van der Waals surface area contributed by atoms with Gasteiger partial charge in [0.05, 0.1) is 0 Å². The first-order valence-corrected chi connectivity index (χ1v) is 9.31. The molecule has 23 heavy (non-hydrogen) atoms. The molecule has 5 heteroatoms. The zero-order valence-corrected chi connectivity index (χ0v) is 15.6. The number of hydrogen-bond acceptors (Lipinski definition) is 3. The number of halogens is 2. The van der Waals surface area contributed by atoms with Crippen molar-refractivity contribution in [3.8, 4) is 0 Å². The lowest BCUT2D eigenvalue weighted by atomic mass is 9.85. The van der Waals surface area contributed by atoms with Crippen molar-refractivity contribution < 1.29 is 0 Å². The molecular formula is C18H20Cl2N2S. The summed E-state index contributed by atoms with van der Waals surface area (Å²) >= 11 is 14.4. The van der Waals surface area contributed by atoms with Crippen LogP contribution in [0.15, 0.2) is 41.3 Å². The average molecular weight is 367 g/mol. The normalized spacial score (nSPS) is 18.0. The van der Waals surface area contributed by atoms with Crippen molar-refractivity contribution in [2.45, 2.75) is 24.3 Å². The van der Waals surface area contributed by atoms with E-state index in [1.165, 1.54) is 21.6 Å². The molecule has 0 aromatic heterocycles. The van der Waals surface area contributed by atoms with Gasteiger partial charge in [0.2, 0.25) is 0 Å². The lowest BCUT2D eigenvalue weighted by Gasteiger charge is -2.33. The zero-order chi connectivity index (χ0) is 16.4. The molecule has 1 aliphatic heterocycles. The second kappa shape index (κ2) is 7.45. The molecule has 1 atom stereocenters. The summed E-state index contributed by atoms with van der Waals surface area (Å²) in [7, 11) is 2.14. The molecule has 1 heterocycles. The van der Waals surface area contributed by atoms with Crippen LogP contribution in [-0.4, -0.2) is 25.0 Å². The second-order valence-electron chi connectivity index (χ2n) is 5.88. The number of hydrogen-bond donors (Lipinski definition) is 1. The predicted octanol–water partition coefficient (Wildman–Crippen LogP) is 5.19. The SMILES string of the molecule is CCNSc1cccc(C2CN(C)Cc3c(Cl)cc(Cl)cc32)c1. The lowest BCUT2D eigenvalue weighted by molar-refractivity contribution is 0.295. The molecular weight excluding hydrogens is 347 g/mol. The largest absolute Gasteiger partial charge is 0.301 e. The quantitative estimate of drug-likeness (QED) is 0.749. The van der Waals surface area contributed by atoms with Gasteiger partial charge in [0.15, 0.2) is 0 Å². The van der Waals surface area contributed by atoms with E-state index >= 15 is 0 Å². The first-order valence-electron chi connectivity index (χ1n) is 7.74. The van der Waals surface area contributed by atoms with Crippen molar-refractivity contribution in [2.24, 2.45) is 0 Å². The van der Waals surface area contributed by atoms with Gasteiger partial charge in [-0.3, -0.25) is 4.72 Å². The fourth-order valence-electron chi connectivity index (χ4n) is 3.08. The van der Waals surface area contributed by atoms with Crippen LogP contribution in [0, 0.1) is 0 Å². The Balaban J connectivity index is 2.01. The molecule has 1 N–H and O–H groups in total. The fraction of sp³-hybridized carbons (Fsp3) is 0.333. The second-order valence-corrected chi connectivity index (χ2v) is 7.69. The molecule has 0 saturated carbocycles. The number of nitrogens with zero attached hydrogens (tertiary/aromatic N) is 1. The molecule has 2 aromatic rings. The summed E-state index contributed by atoms with van der Waals surface area (Å²) in [5.41, 5.74) is 3.75. The van der Waals surface area contributed by atoms with Gasteiger partial charge < -0.3 is 4.90 Å². The van der Waals surface area contributed by atoms with Gasteiger partial charge in [-0.1, -0.05) is 42.3 Å². The Hall–Kier alpha value is -0.710. The van der Waals surface area contributed by atoms with Crippen LogP contribution in [0.4, 0.5) is 0 Å². The Bertz CT molecular complexity index is 705. The van der Waals surface area contributed by atoms with Crippen LogP contribution >= 0.6 is 35.1 Å². The highest BCUT2D eigenvalue weighted by molar-refractivity contribution is 7.97. The number of likely N-dealkylation sites (N-methyl/N-ethyl adjacent to an activating group) is 1. The van der Waals surface area contributed by atoms with Gasteiger partial charge in [0.1, 0.15) is 0 Å². The van der Waals surface area contributed by atoms with Crippen LogP contribution in [0.2, 0.25) is 10.0 Å². The Morgan fingerprint density at radius 1 is 1.26 bits per heavy atom. The van der Waals surface area contributed by atoms with Crippen molar-refractivity contribution in [3.63, 3.8) is 0 Å². The lowest BCUT2D eigenvalue weighted by Crippen LogP contribution is -2.31. The van der Waals surface area contributed by atoms with Crippen molar-refractivity contribution in [3.05, 3.63) is 63.1 Å². The Labute approximate surface area is 152 Å². The maximum atomic E-state index is 6.44. The molecule has 0 spiro atoms. The minimum atomic E-state index is 0.294. The molecule has 3 rings (SSSR count). The first kappa shape index (κ1) is 17.1. The van der Waals surface area contributed by atoms with Crippen LogP contribution < -0.4 is 4.72 Å². The van der Waals surface area contributed by atoms with Gasteiger partial charge >= 0.3 is 0 Å². The predicted molar refractivity (Wildman–Crippen MR) is 101 cm³/mol. The third-order valence-electron chi connectivity index (χ3n) is 4.09. The average Bonchev–Trinajstić information content (AvgIpc) is 2.53. The monoisotopic (exact) mass is 366 g/mol. The van der Waals surface area contributed by atoms with Crippen LogP contribution in [-0.2, 0) is 6.54 Å². The summed E-state index contributed by atoms with van der Waals surface area (Å²) in [6, 6.07) is 12.6. The summed E-state index contributed by atoms with van der Waals surface area (Å²) < 4.78 is 3.30. The first-order chi connectivity index (χ1) is 11.1. The molecule has 0 bridgehead atoms. The highest BCUT2D eigenvalue weighted by Crippen LogP contribution is 2.38. The molecule has 0 saturated heterocycles. The van der Waals surface area contributed by atoms with Gasteiger partial charge in [0, 0.05) is 40.5 Å². The Morgan fingerprint density at radius 2 is 2.09 bits per heavy atom. The molecule has 2 nitrogen and oxygen atoms in total. The van der Waals surface area contributed by atoms with Crippen molar-refractivity contribution in [1.29, 1.82) is 0 Å². The van der Waals surface area contributed by atoms with Gasteiger partial charge in [-0.2, -0.15) is 0 Å². The fourth-order valence-corrected chi connectivity index (χ4v) is 4.30. The van der Waals surface area contributed by atoms with Gasteiger partial charge in [-0.25, -0.2) is 0 Å². The molecule has 1 aliphatic rings. The molecule has 1 unspecified atom stereocenters. The van der Waals surface area contributed by atoms with E-state index in [0.29, 0.717) is 10.9 Å². The maximum Gasteiger partial charge on any atom is 0.0468 e. The molecule has 0 radical (unpaired) electrons. The van der Waals surface area contributed by atoms with E-state index in [-0.39, 0.29) is 0 Å². The topological polar surface area (TPSA) is 15.3 Å². The number of rotatable bonds is 4. The van der Waals surface area contributed by atoms with Crippen LogP contribution in [0.5, 0.6) is 0 Å².